The molecule has 0 bridgehead atoms. The molecule has 1 heterocycles. The summed E-state index contributed by atoms with van der Waals surface area (Å²) in [7, 11) is 0. The van der Waals surface area contributed by atoms with Crippen LogP contribution in [-0.4, -0.2) is 34.0 Å². The Morgan fingerprint density at radius 2 is 1.71 bits per heavy atom. The first-order chi connectivity index (χ1) is 11.6. The lowest BCUT2D eigenvalue weighted by Crippen LogP contribution is -2.54. The van der Waals surface area contributed by atoms with Crippen molar-refractivity contribution >= 4 is 11.9 Å². The Morgan fingerprint density at radius 3 is 2.38 bits per heavy atom. The number of carbonyl (C=O) groups is 2. The van der Waals surface area contributed by atoms with Crippen molar-refractivity contribution in [3.05, 3.63) is 71.3 Å². The maximum absolute atomic E-state index is 12.8. The summed E-state index contributed by atoms with van der Waals surface area (Å²) >= 11 is 0. The third-order valence-electron chi connectivity index (χ3n) is 4.43. The van der Waals surface area contributed by atoms with E-state index in [9.17, 15) is 14.7 Å². The molecule has 2 aromatic carbocycles. The molecule has 24 heavy (non-hydrogen) atoms. The van der Waals surface area contributed by atoms with Crippen LogP contribution >= 0.6 is 0 Å². The van der Waals surface area contributed by atoms with Gasteiger partial charge in [0.05, 0.1) is 6.04 Å². The quantitative estimate of drug-likeness (QED) is 0.895. The largest absolute Gasteiger partial charge is 0.480 e. The maximum Gasteiger partial charge on any atom is 0.326 e. The molecular weight excluding hydrogens is 304 g/mol. The molecule has 124 valence electrons. The van der Waals surface area contributed by atoms with E-state index in [0.717, 1.165) is 16.7 Å². The number of fused-ring (bicyclic) bond motifs is 1. The van der Waals surface area contributed by atoms with Crippen LogP contribution in [0.25, 0.3) is 0 Å². The van der Waals surface area contributed by atoms with Crippen molar-refractivity contribution in [3.63, 3.8) is 0 Å². The van der Waals surface area contributed by atoms with Crippen molar-refractivity contribution in [2.24, 2.45) is 5.73 Å². The first kappa shape index (κ1) is 16.2. The minimum atomic E-state index is -0.996. The van der Waals surface area contributed by atoms with E-state index >= 15 is 0 Å². The molecule has 0 aliphatic carbocycles. The highest BCUT2D eigenvalue weighted by atomic mass is 16.4. The SMILES string of the molecule is N[C@@H](Cc1ccccc1)C(=O)N1Cc2ccccc2C[C@H]1C(=O)O. The minimum Gasteiger partial charge on any atom is -0.480 e. The van der Waals surface area contributed by atoms with Crippen molar-refractivity contribution in [1.82, 2.24) is 4.90 Å². The van der Waals surface area contributed by atoms with E-state index in [-0.39, 0.29) is 12.5 Å². The number of amides is 1. The number of carbonyl (C=O) groups excluding carboxylic acids is 1. The van der Waals surface area contributed by atoms with Crippen molar-refractivity contribution in [2.75, 3.05) is 0 Å². The number of rotatable bonds is 4. The second-order valence-corrected chi connectivity index (χ2v) is 6.09. The molecule has 5 nitrogen and oxygen atoms in total. The number of hydrogen-bond acceptors (Lipinski definition) is 3. The van der Waals surface area contributed by atoms with E-state index in [1.807, 2.05) is 54.6 Å². The van der Waals surface area contributed by atoms with Crippen LogP contribution < -0.4 is 5.73 Å². The molecule has 0 spiro atoms. The maximum atomic E-state index is 12.8. The molecule has 1 aliphatic heterocycles. The van der Waals surface area contributed by atoms with Gasteiger partial charge in [0, 0.05) is 13.0 Å². The fourth-order valence-corrected chi connectivity index (χ4v) is 3.14. The lowest BCUT2D eigenvalue weighted by atomic mass is 9.93. The Hall–Kier alpha value is -2.66. The first-order valence-electron chi connectivity index (χ1n) is 7.96. The Morgan fingerprint density at radius 1 is 1.08 bits per heavy atom. The standard InChI is InChI=1S/C19H20N2O3/c20-16(10-13-6-2-1-3-7-13)18(22)21-12-15-9-5-4-8-14(15)11-17(21)19(23)24/h1-9,16-17H,10-12,20H2,(H,23,24)/t16-,17-/m0/s1. The highest BCUT2D eigenvalue weighted by molar-refractivity contribution is 5.87. The summed E-state index contributed by atoms with van der Waals surface area (Å²) in [6, 6.07) is 15.5. The molecule has 2 atom stereocenters. The molecule has 1 amide bonds. The predicted octanol–water partition coefficient (Wildman–Crippen LogP) is 1.59. The van der Waals surface area contributed by atoms with Gasteiger partial charge < -0.3 is 15.7 Å². The third kappa shape index (κ3) is 3.31. The number of aliphatic carboxylic acids is 1. The Balaban J connectivity index is 1.80. The Kier molecular flexibility index (Phi) is 4.62. The van der Waals surface area contributed by atoms with E-state index < -0.39 is 18.1 Å². The van der Waals surface area contributed by atoms with Crippen LogP contribution in [0.5, 0.6) is 0 Å². The molecule has 0 radical (unpaired) electrons. The molecule has 0 saturated carbocycles. The Labute approximate surface area is 140 Å². The van der Waals surface area contributed by atoms with Crippen LogP contribution in [0.3, 0.4) is 0 Å². The van der Waals surface area contributed by atoms with Crippen molar-refractivity contribution in [2.45, 2.75) is 31.5 Å². The van der Waals surface area contributed by atoms with E-state index in [1.165, 1.54) is 4.90 Å². The summed E-state index contributed by atoms with van der Waals surface area (Å²) in [4.78, 5) is 25.8. The van der Waals surface area contributed by atoms with Crippen LogP contribution in [0.1, 0.15) is 16.7 Å². The number of carboxylic acid groups (broad SMARTS) is 1. The highest BCUT2D eigenvalue weighted by Gasteiger charge is 2.36. The molecule has 0 saturated heterocycles. The highest BCUT2D eigenvalue weighted by Crippen LogP contribution is 2.24. The average Bonchev–Trinajstić information content (AvgIpc) is 2.60. The van der Waals surface area contributed by atoms with Gasteiger partial charge in [0.1, 0.15) is 6.04 Å². The summed E-state index contributed by atoms with van der Waals surface area (Å²) in [5.41, 5.74) is 9.00. The first-order valence-corrected chi connectivity index (χ1v) is 7.96. The monoisotopic (exact) mass is 324 g/mol. The summed E-state index contributed by atoms with van der Waals surface area (Å²) < 4.78 is 0. The normalized spacial score (nSPS) is 17.9. The van der Waals surface area contributed by atoms with Crippen molar-refractivity contribution in [3.8, 4) is 0 Å². The van der Waals surface area contributed by atoms with Gasteiger partial charge in [-0.15, -0.1) is 0 Å². The van der Waals surface area contributed by atoms with Crippen LogP contribution in [-0.2, 0) is 29.0 Å². The molecular formula is C19H20N2O3. The molecule has 0 aromatic heterocycles. The Bertz CT molecular complexity index is 745. The minimum absolute atomic E-state index is 0.286. The summed E-state index contributed by atoms with van der Waals surface area (Å²) in [5.74, 6) is -1.31. The number of hydrogen-bond donors (Lipinski definition) is 2. The van der Waals surface area contributed by atoms with Gasteiger partial charge in [-0.1, -0.05) is 54.6 Å². The molecule has 1 aliphatic rings. The predicted molar refractivity (Wildman–Crippen MR) is 90.2 cm³/mol. The molecule has 2 aromatic rings. The lowest BCUT2D eigenvalue weighted by Gasteiger charge is -2.36. The van der Waals surface area contributed by atoms with Crippen LogP contribution in [0, 0.1) is 0 Å². The van der Waals surface area contributed by atoms with Crippen LogP contribution in [0.15, 0.2) is 54.6 Å². The van der Waals surface area contributed by atoms with E-state index in [4.69, 9.17) is 5.73 Å². The summed E-state index contributed by atoms with van der Waals surface area (Å²) in [6.07, 6.45) is 0.708. The van der Waals surface area contributed by atoms with E-state index in [1.54, 1.807) is 0 Å². The molecule has 0 fully saturated rings. The number of carboxylic acids is 1. The van der Waals surface area contributed by atoms with Gasteiger partial charge >= 0.3 is 5.97 Å². The second kappa shape index (κ2) is 6.84. The smallest absolute Gasteiger partial charge is 0.326 e. The van der Waals surface area contributed by atoms with Crippen LogP contribution in [0.2, 0.25) is 0 Å². The molecule has 0 unspecified atom stereocenters. The number of benzene rings is 2. The van der Waals surface area contributed by atoms with Crippen molar-refractivity contribution < 1.29 is 14.7 Å². The van der Waals surface area contributed by atoms with Gasteiger partial charge in [-0.3, -0.25) is 4.79 Å². The zero-order valence-corrected chi connectivity index (χ0v) is 13.3. The molecule has 5 heteroatoms. The van der Waals surface area contributed by atoms with Gasteiger partial charge in [-0.25, -0.2) is 4.79 Å². The topological polar surface area (TPSA) is 83.6 Å². The second-order valence-electron chi connectivity index (χ2n) is 6.09. The van der Waals surface area contributed by atoms with Gasteiger partial charge in [0.25, 0.3) is 0 Å². The molecule has 3 N–H and O–H groups in total. The van der Waals surface area contributed by atoms with Gasteiger partial charge in [0.2, 0.25) is 5.91 Å². The van der Waals surface area contributed by atoms with Gasteiger partial charge in [-0.05, 0) is 23.1 Å². The van der Waals surface area contributed by atoms with E-state index in [2.05, 4.69) is 0 Å². The number of nitrogens with zero attached hydrogens (tertiary/aromatic N) is 1. The zero-order valence-electron chi connectivity index (χ0n) is 13.3. The van der Waals surface area contributed by atoms with Gasteiger partial charge in [-0.2, -0.15) is 0 Å². The van der Waals surface area contributed by atoms with Gasteiger partial charge in [0.15, 0.2) is 0 Å². The van der Waals surface area contributed by atoms with Crippen molar-refractivity contribution in [1.29, 1.82) is 0 Å². The lowest BCUT2D eigenvalue weighted by molar-refractivity contribution is -0.152. The fourth-order valence-electron chi connectivity index (χ4n) is 3.14. The third-order valence-corrected chi connectivity index (χ3v) is 4.43. The van der Waals surface area contributed by atoms with E-state index in [0.29, 0.717) is 12.8 Å². The summed E-state index contributed by atoms with van der Waals surface area (Å²) in [6.45, 7) is 0.286. The summed E-state index contributed by atoms with van der Waals surface area (Å²) in [5, 5.41) is 9.52. The molecule has 3 rings (SSSR count). The number of nitrogens with two attached hydrogens (primary N) is 1. The fraction of sp³-hybridized carbons (Fsp3) is 0.263. The zero-order chi connectivity index (χ0) is 17.1. The van der Waals surface area contributed by atoms with Crippen LogP contribution in [0.4, 0.5) is 0 Å². The average molecular weight is 324 g/mol.